The summed E-state index contributed by atoms with van der Waals surface area (Å²) in [6.45, 7) is 2.05. The summed E-state index contributed by atoms with van der Waals surface area (Å²) in [5.41, 5.74) is 5.15. The number of halogens is 1. The van der Waals surface area contributed by atoms with E-state index in [1.165, 1.54) is 0 Å². The van der Waals surface area contributed by atoms with Crippen LogP contribution in [0.3, 0.4) is 0 Å². The van der Waals surface area contributed by atoms with Crippen LogP contribution in [0.4, 0.5) is 5.69 Å². The van der Waals surface area contributed by atoms with E-state index >= 15 is 0 Å². The number of rotatable bonds is 6. The maximum absolute atomic E-state index is 11.8. The van der Waals surface area contributed by atoms with E-state index in [-0.39, 0.29) is 12.5 Å². The number of aryl methyl sites for hydroxylation is 1. The summed E-state index contributed by atoms with van der Waals surface area (Å²) in [7, 11) is 1.60. The average molecular weight is 332 g/mol. The molecular weight excluding hydrogens is 314 g/mol. The van der Waals surface area contributed by atoms with Crippen LogP contribution in [-0.4, -0.2) is 25.8 Å². The first-order valence-corrected chi connectivity index (χ1v) is 7.42. The van der Waals surface area contributed by atoms with Gasteiger partial charge in [-0.2, -0.15) is 5.10 Å². The smallest absolute Gasteiger partial charge is 0.259 e. The van der Waals surface area contributed by atoms with Gasteiger partial charge in [0.05, 0.1) is 19.9 Å². The van der Waals surface area contributed by atoms with E-state index in [0.29, 0.717) is 5.02 Å². The summed E-state index contributed by atoms with van der Waals surface area (Å²) >= 11 is 5.89. The van der Waals surface area contributed by atoms with Crippen LogP contribution in [0.25, 0.3) is 0 Å². The van der Waals surface area contributed by atoms with Crippen molar-refractivity contribution in [2.24, 2.45) is 5.10 Å². The molecule has 0 atom stereocenters. The maximum atomic E-state index is 11.8. The minimum Gasteiger partial charge on any atom is -0.497 e. The van der Waals surface area contributed by atoms with Gasteiger partial charge in [-0.25, -0.2) is 5.43 Å². The molecule has 2 aromatic rings. The van der Waals surface area contributed by atoms with Crippen molar-refractivity contribution in [1.29, 1.82) is 0 Å². The van der Waals surface area contributed by atoms with Crippen LogP contribution in [0.1, 0.15) is 11.1 Å². The van der Waals surface area contributed by atoms with Gasteiger partial charge < -0.3 is 10.1 Å². The highest BCUT2D eigenvalue weighted by Crippen LogP contribution is 2.19. The molecule has 1 amide bonds. The summed E-state index contributed by atoms with van der Waals surface area (Å²) < 4.78 is 5.12. The number of nitrogens with one attached hydrogen (secondary N) is 2. The molecule has 0 aromatic heterocycles. The number of carbonyl (C=O) groups is 1. The SMILES string of the molecule is COc1cccc(/C=N\NC(=O)CNc2ccc(Cl)cc2C)c1. The number of hydrogen-bond donors (Lipinski definition) is 2. The Kier molecular flexibility index (Phi) is 6.00. The summed E-state index contributed by atoms with van der Waals surface area (Å²) in [5, 5.41) is 7.63. The number of methoxy groups -OCH3 is 1. The van der Waals surface area contributed by atoms with Gasteiger partial charge in [-0.15, -0.1) is 0 Å². The molecule has 0 spiro atoms. The Hall–Kier alpha value is -2.53. The van der Waals surface area contributed by atoms with Crippen LogP contribution < -0.4 is 15.5 Å². The van der Waals surface area contributed by atoms with Crippen molar-refractivity contribution < 1.29 is 9.53 Å². The highest BCUT2D eigenvalue weighted by atomic mass is 35.5. The van der Waals surface area contributed by atoms with E-state index in [1.807, 2.05) is 43.3 Å². The molecule has 0 aliphatic carbocycles. The average Bonchev–Trinajstić information content (AvgIpc) is 2.54. The largest absolute Gasteiger partial charge is 0.497 e. The number of ether oxygens (including phenoxy) is 1. The molecule has 0 saturated heterocycles. The van der Waals surface area contributed by atoms with Crippen LogP contribution in [0.5, 0.6) is 5.75 Å². The van der Waals surface area contributed by atoms with Crippen molar-refractivity contribution in [3.8, 4) is 5.75 Å². The molecule has 0 radical (unpaired) electrons. The summed E-state index contributed by atoms with van der Waals surface area (Å²) in [5.74, 6) is 0.499. The number of anilines is 1. The second-order valence-electron chi connectivity index (χ2n) is 4.88. The lowest BCUT2D eigenvalue weighted by atomic mass is 10.2. The van der Waals surface area contributed by atoms with Gasteiger partial charge in [-0.3, -0.25) is 4.79 Å². The highest BCUT2D eigenvalue weighted by Gasteiger charge is 2.02. The van der Waals surface area contributed by atoms with Crippen LogP contribution in [0.2, 0.25) is 5.02 Å². The summed E-state index contributed by atoms with van der Waals surface area (Å²) in [6, 6.07) is 12.8. The molecule has 2 rings (SSSR count). The van der Waals surface area contributed by atoms with Crippen LogP contribution in [0.15, 0.2) is 47.6 Å². The zero-order valence-electron chi connectivity index (χ0n) is 13.0. The molecule has 0 fully saturated rings. The minimum atomic E-state index is -0.238. The second-order valence-corrected chi connectivity index (χ2v) is 5.32. The lowest BCUT2D eigenvalue weighted by Crippen LogP contribution is -2.26. The molecule has 0 aliphatic heterocycles. The van der Waals surface area contributed by atoms with Gasteiger partial charge in [-0.1, -0.05) is 23.7 Å². The fourth-order valence-electron chi connectivity index (χ4n) is 1.94. The number of hydrazone groups is 1. The summed E-state index contributed by atoms with van der Waals surface area (Å²) in [4.78, 5) is 11.8. The number of hydrogen-bond acceptors (Lipinski definition) is 4. The minimum absolute atomic E-state index is 0.123. The van der Waals surface area contributed by atoms with Gasteiger partial charge in [0.15, 0.2) is 0 Å². The third kappa shape index (κ3) is 5.30. The van der Waals surface area contributed by atoms with Gasteiger partial charge in [0.2, 0.25) is 0 Å². The summed E-state index contributed by atoms with van der Waals surface area (Å²) in [6.07, 6.45) is 1.56. The lowest BCUT2D eigenvalue weighted by Gasteiger charge is -2.08. The topological polar surface area (TPSA) is 62.7 Å². The molecule has 2 aromatic carbocycles. The van der Waals surface area contributed by atoms with E-state index in [0.717, 1.165) is 22.6 Å². The number of amides is 1. The van der Waals surface area contributed by atoms with E-state index in [9.17, 15) is 4.79 Å². The second kappa shape index (κ2) is 8.19. The molecule has 0 heterocycles. The monoisotopic (exact) mass is 331 g/mol. The van der Waals surface area contributed by atoms with Crippen molar-refractivity contribution in [1.82, 2.24) is 5.43 Å². The van der Waals surface area contributed by atoms with Gasteiger partial charge in [-0.05, 0) is 48.4 Å². The first kappa shape index (κ1) is 16.8. The quantitative estimate of drug-likeness (QED) is 0.631. The van der Waals surface area contributed by atoms with Crippen LogP contribution in [-0.2, 0) is 4.79 Å². The highest BCUT2D eigenvalue weighted by molar-refractivity contribution is 6.30. The van der Waals surface area contributed by atoms with Gasteiger partial charge in [0.1, 0.15) is 5.75 Å². The Morgan fingerprint density at radius 2 is 2.13 bits per heavy atom. The number of nitrogens with zero attached hydrogens (tertiary/aromatic N) is 1. The van der Waals surface area contributed by atoms with Crippen molar-refractivity contribution in [3.63, 3.8) is 0 Å². The van der Waals surface area contributed by atoms with Crippen molar-refractivity contribution in [2.45, 2.75) is 6.92 Å². The zero-order valence-corrected chi connectivity index (χ0v) is 13.7. The Bertz CT molecular complexity index is 717. The van der Waals surface area contributed by atoms with Crippen molar-refractivity contribution in [2.75, 3.05) is 19.0 Å². The molecule has 23 heavy (non-hydrogen) atoms. The first-order chi connectivity index (χ1) is 11.1. The van der Waals surface area contributed by atoms with E-state index in [4.69, 9.17) is 16.3 Å². The Morgan fingerprint density at radius 3 is 2.87 bits per heavy atom. The number of benzene rings is 2. The van der Waals surface area contributed by atoms with Crippen molar-refractivity contribution in [3.05, 3.63) is 58.6 Å². The molecule has 120 valence electrons. The molecule has 0 saturated carbocycles. The zero-order chi connectivity index (χ0) is 16.7. The predicted molar refractivity (Wildman–Crippen MR) is 93.4 cm³/mol. The third-order valence-corrected chi connectivity index (χ3v) is 3.36. The standard InChI is InChI=1S/C17H18ClN3O2/c1-12-8-14(18)6-7-16(12)19-11-17(22)21-20-10-13-4-3-5-15(9-13)23-2/h3-10,19H,11H2,1-2H3,(H,21,22)/b20-10-. The van der Waals surface area contributed by atoms with E-state index < -0.39 is 0 Å². The Morgan fingerprint density at radius 1 is 1.30 bits per heavy atom. The molecule has 5 nitrogen and oxygen atoms in total. The maximum Gasteiger partial charge on any atom is 0.259 e. The van der Waals surface area contributed by atoms with Crippen LogP contribution in [0, 0.1) is 6.92 Å². The first-order valence-electron chi connectivity index (χ1n) is 7.04. The molecule has 6 heteroatoms. The Balaban J connectivity index is 1.83. The normalized spacial score (nSPS) is 10.6. The van der Waals surface area contributed by atoms with E-state index in [2.05, 4.69) is 15.8 Å². The van der Waals surface area contributed by atoms with Crippen molar-refractivity contribution >= 4 is 29.4 Å². The lowest BCUT2D eigenvalue weighted by molar-refractivity contribution is -0.119. The number of carbonyl (C=O) groups excluding carboxylic acids is 1. The molecule has 2 N–H and O–H groups in total. The molecule has 0 bridgehead atoms. The van der Waals surface area contributed by atoms with Gasteiger partial charge in [0.25, 0.3) is 5.91 Å². The molecular formula is C17H18ClN3O2. The molecule has 0 unspecified atom stereocenters. The predicted octanol–water partition coefficient (Wildman–Crippen LogP) is 3.22. The molecule has 0 aliphatic rings. The van der Waals surface area contributed by atoms with Crippen LogP contribution >= 0.6 is 11.6 Å². The Labute approximate surface area is 140 Å². The van der Waals surface area contributed by atoms with Gasteiger partial charge in [0, 0.05) is 10.7 Å². The fourth-order valence-corrected chi connectivity index (χ4v) is 2.17. The van der Waals surface area contributed by atoms with E-state index in [1.54, 1.807) is 19.4 Å². The van der Waals surface area contributed by atoms with Gasteiger partial charge >= 0.3 is 0 Å². The third-order valence-electron chi connectivity index (χ3n) is 3.12. The fraction of sp³-hybridized carbons (Fsp3) is 0.176.